The van der Waals surface area contributed by atoms with E-state index < -0.39 is 0 Å². The third-order valence-electron chi connectivity index (χ3n) is 2.92. The Morgan fingerprint density at radius 2 is 1.94 bits per heavy atom. The topological polar surface area (TPSA) is 24.1 Å². The molecule has 0 saturated heterocycles. The molecule has 2 nitrogen and oxygen atoms in total. The molecule has 0 aliphatic heterocycles. The molecule has 90 valence electrons. The van der Waals surface area contributed by atoms with Gasteiger partial charge in [0.25, 0.3) is 0 Å². The average molecular weight is 245 g/mol. The Morgan fingerprint density at radius 3 is 2.44 bits per heavy atom. The van der Waals surface area contributed by atoms with E-state index in [1.807, 2.05) is 27.9 Å². The lowest BCUT2D eigenvalue weighted by Crippen LogP contribution is -2.47. The molecular weight excluding hydrogens is 227 g/mol. The first-order chi connectivity index (χ1) is 7.42. The van der Waals surface area contributed by atoms with Gasteiger partial charge in [0.15, 0.2) is 0 Å². The zero-order valence-electron chi connectivity index (χ0n) is 10.1. The van der Waals surface area contributed by atoms with E-state index in [1.165, 1.54) is 6.07 Å². The molecule has 1 unspecified atom stereocenters. The third-order valence-corrected chi connectivity index (χ3v) is 3.16. The molecule has 2 N–H and O–H groups in total. The molecule has 1 aromatic carbocycles. The highest BCUT2D eigenvalue weighted by Crippen LogP contribution is 2.28. The number of hydrogen-bond acceptors (Lipinski definition) is 2. The molecule has 0 radical (unpaired) electrons. The van der Waals surface area contributed by atoms with E-state index in [0.29, 0.717) is 10.6 Å². The highest BCUT2D eigenvalue weighted by Gasteiger charge is 2.29. The molecule has 0 spiro atoms. The van der Waals surface area contributed by atoms with Crippen molar-refractivity contribution in [3.63, 3.8) is 0 Å². The minimum Gasteiger partial charge on any atom is -0.313 e. The van der Waals surface area contributed by atoms with Crippen LogP contribution in [-0.2, 0) is 0 Å². The fourth-order valence-electron chi connectivity index (χ4n) is 1.79. The van der Waals surface area contributed by atoms with Crippen LogP contribution in [0.3, 0.4) is 0 Å². The fraction of sp³-hybridized carbons (Fsp3) is 0.500. The maximum absolute atomic E-state index is 13.7. The largest absolute Gasteiger partial charge is 0.313 e. The predicted octanol–water partition coefficient (Wildman–Crippen LogP) is 2.74. The molecular formula is C12H18ClFN2. The van der Waals surface area contributed by atoms with Crippen molar-refractivity contribution in [2.24, 2.45) is 0 Å². The van der Waals surface area contributed by atoms with Gasteiger partial charge in [-0.2, -0.15) is 0 Å². The van der Waals surface area contributed by atoms with Crippen LogP contribution in [-0.4, -0.2) is 19.6 Å². The zero-order valence-corrected chi connectivity index (χ0v) is 10.8. The van der Waals surface area contributed by atoms with Crippen molar-refractivity contribution in [1.29, 1.82) is 0 Å². The monoisotopic (exact) mass is 244 g/mol. The van der Waals surface area contributed by atoms with E-state index in [-0.39, 0.29) is 17.4 Å². The van der Waals surface area contributed by atoms with Crippen molar-refractivity contribution < 1.29 is 4.39 Å². The van der Waals surface area contributed by atoms with Crippen LogP contribution in [0.25, 0.3) is 0 Å². The summed E-state index contributed by atoms with van der Waals surface area (Å²) in [5, 5.41) is 6.83. The minimum absolute atomic E-state index is 0.142. The van der Waals surface area contributed by atoms with Gasteiger partial charge < -0.3 is 10.6 Å². The molecule has 0 bridgehead atoms. The summed E-state index contributed by atoms with van der Waals surface area (Å²) in [7, 11) is 3.66. The van der Waals surface area contributed by atoms with Crippen LogP contribution >= 0.6 is 11.6 Å². The van der Waals surface area contributed by atoms with Crippen molar-refractivity contribution >= 4 is 11.6 Å². The summed E-state index contributed by atoms with van der Waals surface area (Å²) in [4.78, 5) is 0. The summed E-state index contributed by atoms with van der Waals surface area (Å²) in [6.45, 7) is 4.02. The Hall–Kier alpha value is -0.640. The summed E-state index contributed by atoms with van der Waals surface area (Å²) >= 11 is 5.90. The highest BCUT2D eigenvalue weighted by molar-refractivity contribution is 6.30. The second-order valence-corrected chi connectivity index (χ2v) is 4.80. The first-order valence-corrected chi connectivity index (χ1v) is 5.61. The first-order valence-electron chi connectivity index (χ1n) is 5.23. The predicted molar refractivity (Wildman–Crippen MR) is 66.3 cm³/mol. The van der Waals surface area contributed by atoms with Crippen molar-refractivity contribution in [1.82, 2.24) is 10.6 Å². The van der Waals surface area contributed by atoms with Gasteiger partial charge in [-0.1, -0.05) is 11.6 Å². The number of likely N-dealkylation sites (N-methyl/N-ethyl adjacent to an activating group) is 2. The molecule has 0 amide bonds. The number of rotatable bonds is 4. The molecule has 1 atom stereocenters. The lowest BCUT2D eigenvalue weighted by Gasteiger charge is -2.34. The molecule has 1 aromatic rings. The van der Waals surface area contributed by atoms with Gasteiger partial charge in [-0.05, 0) is 46.1 Å². The van der Waals surface area contributed by atoms with Gasteiger partial charge in [-0.25, -0.2) is 4.39 Å². The van der Waals surface area contributed by atoms with E-state index in [2.05, 4.69) is 10.6 Å². The number of nitrogens with one attached hydrogen (secondary N) is 2. The highest BCUT2D eigenvalue weighted by atomic mass is 35.5. The Labute approximate surface area is 101 Å². The van der Waals surface area contributed by atoms with Crippen molar-refractivity contribution in [2.45, 2.75) is 25.4 Å². The summed E-state index contributed by atoms with van der Waals surface area (Å²) in [5.74, 6) is -0.243. The van der Waals surface area contributed by atoms with E-state index in [1.54, 1.807) is 12.1 Å². The van der Waals surface area contributed by atoms with E-state index in [4.69, 9.17) is 11.6 Å². The standard InChI is InChI=1S/C12H18ClFN2/c1-12(2,16-4)11(15-3)9-7-8(13)5-6-10(9)14/h5-7,11,15-16H,1-4H3. The Kier molecular flexibility index (Phi) is 4.30. The summed E-state index contributed by atoms with van der Waals surface area (Å²) < 4.78 is 13.7. The van der Waals surface area contributed by atoms with Gasteiger partial charge in [-0.15, -0.1) is 0 Å². The first kappa shape index (κ1) is 13.4. The molecule has 0 heterocycles. The molecule has 4 heteroatoms. The van der Waals surface area contributed by atoms with Crippen molar-refractivity contribution in [3.8, 4) is 0 Å². The van der Waals surface area contributed by atoms with Gasteiger partial charge in [0, 0.05) is 16.1 Å². The van der Waals surface area contributed by atoms with E-state index in [9.17, 15) is 4.39 Å². The Bertz CT molecular complexity index is 366. The second kappa shape index (κ2) is 5.13. The summed E-state index contributed by atoms with van der Waals surface area (Å²) in [6, 6.07) is 4.47. The maximum Gasteiger partial charge on any atom is 0.128 e. The average Bonchev–Trinajstić information content (AvgIpc) is 2.24. The van der Waals surface area contributed by atoms with Gasteiger partial charge in [0.1, 0.15) is 5.82 Å². The van der Waals surface area contributed by atoms with E-state index in [0.717, 1.165) is 0 Å². The van der Waals surface area contributed by atoms with Crippen LogP contribution in [0.5, 0.6) is 0 Å². The summed E-state index contributed by atoms with van der Waals surface area (Å²) in [5.41, 5.74) is 0.314. The van der Waals surface area contributed by atoms with Crippen molar-refractivity contribution in [3.05, 3.63) is 34.6 Å². The third kappa shape index (κ3) is 2.73. The molecule has 16 heavy (non-hydrogen) atoms. The number of hydrogen-bond donors (Lipinski definition) is 2. The molecule has 0 aliphatic rings. The van der Waals surface area contributed by atoms with Gasteiger partial charge in [0.2, 0.25) is 0 Å². The molecule has 0 saturated carbocycles. The molecule has 0 aliphatic carbocycles. The lowest BCUT2D eigenvalue weighted by atomic mass is 9.88. The quantitative estimate of drug-likeness (QED) is 0.851. The fourth-order valence-corrected chi connectivity index (χ4v) is 1.97. The zero-order chi connectivity index (χ0) is 12.3. The smallest absolute Gasteiger partial charge is 0.128 e. The molecule has 1 rings (SSSR count). The normalized spacial score (nSPS) is 13.9. The van der Waals surface area contributed by atoms with Gasteiger partial charge >= 0.3 is 0 Å². The maximum atomic E-state index is 13.7. The molecule has 0 aromatic heterocycles. The summed E-state index contributed by atoms with van der Waals surface area (Å²) in [6.07, 6.45) is 0. The van der Waals surface area contributed by atoms with Crippen LogP contribution in [0.15, 0.2) is 18.2 Å². The lowest BCUT2D eigenvalue weighted by molar-refractivity contribution is 0.304. The van der Waals surface area contributed by atoms with Crippen LogP contribution in [0.2, 0.25) is 5.02 Å². The number of benzene rings is 1. The van der Waals surface area contributed by atoms with Gasteiger partial charge in [0.05, 0.1) is 6.04 Å². The van der Waals surface area contributed by atoms with Gasteiger partial charge in [-0.3, -0.25) is 0 Å². The van der Waals surface area contributed by atoms with Crippen LogP contribution < -0.4 is 10.6 Å². The van der Waals surface area contributed by atoms with Crippen molar-refractivity contribution in [2.75, 3.05) is 14.1 Å². The number of halogens is 2. The second-order valence-electron chi connectivity index (χ2n) is 4.36. The van der Waals surface area contributed by atoms with E-state index >= 15 is 0 Å². The minimum atomic E-state index is -0.264. The van der Waals surface area contributed by atoms with Crippen LogP contribution in [0, 0.1) is 5.82 Å². The molecule has 0 fully saturated rings. The Morgan fingerprint density at radius 1 is 1.31 bits per heavy atom. The van der Waals surface area contributed by atoms with Crippen LogP contribution in [0.1, 0.15) is 25.5 Å². The Balaban J connectivity index is 3.18. The SMILES string of the molecule is CNC(c1cc(Cl)ccc1F)C(C)(C)NC. The van der Waals surface area contributed by atoms with Crippen LogP contribution in [0.4, 0.5) is 4.39 Å².